The van der Waals surface area contributed by atoms with E-state index in [9.17, 15) is 14.4 Å². The smallest absolute Gasteiger partial charge is 0.408 e. The summed E-state index contributed by atoms with van der Waals surface area (Å²) in [4.78, 5) is 37.0. The third-order valence-corrected chi connectivity index (χ3v) is 4.44. The van der Waals surface area contributed by atoms with Gasteiger partial charge in [-0.25, -0.2) is 4.79 Å². The van der Waals surface area contributed by atoms with E-state index in [4.69, 9.17) is 9.47 Å². The van der Waals surface area contributed by atoms with Crippen LogP contribution < -0.4 is 10.6 Å². The lowest BCUT2D eigenvalue weighted by Crippen LogP contribution is -2.50. The first-order valence-corrected chi connectivity index (χ1v) is 9.95. The molecule has 0 aliphatic carbocycles. The molecule has 7 heteroatoms. The summed E-state index contributed by atoms with van der Waals surface area (Å²) in [6.07, 6.45) is -0.357. The van der Waals surface area contributed by atoms with Gasteiger partial charge in [-0.2, -0.15) is 0 Å². The Hall–Kier alpha value is -3.35. The van der Waals surface area contributed by atoms with Gasteiger partial charge < -0.3 is 20.1 Å². The average Bonchev–Trinajstić information content (AvgIpc) is 2.77. The van der Waals surface area contributed by atoms with Crippen molar-refractivity contribution in [3.63, 3.8) is 0 Å². The van der Waals surface area contributed by atoms with Crippen molar-refractivity contribution >= 4 is 18.0 Å². The first-order chi connectivity index (χ1) is 14.5. The van der Waals surface area contributed by atoms with Crippen LogP contribution in [0.4, 0.5) is 4.79 Å². The third kappa shape index (κ3) is 8.34. The molecule has 0 heterocycles. The molecule has 2 aromatic rings. The fourth-order valence-corrected chi connectivity index (χ4v) is 2.53. The van der Waals surface area contributed by atoms with Crippen molar-refractivity contribution in [1.82, 2.24) is 10.6 Å². The zero-order chi connectivity index (χ0) is 21.8. The van der Waals surface area contributed by atoms with Crippen molar-refractivity contribution in [2.75, 3.05) is 0 Å². The van der Waals surface area contributed by atoms with E-state index in [0.717, 1.165) is 17.5 Å². The van der Waals surface area contributed by atoms with Gasteiger partial charge in [0.05, 0.1) is 6.42 Å². The van der Waals surface area contributed by atoms with E-state index in [2.05, 4.69) is 10.6 Å². The molecule has 7 nitrogen and oxygen atoms in total. The number of hydrogen-bond acceptors (Lipinski definition) is 5. The van der Waals surface area contributed by atoms with Gasteiger partial charge in [0.15, 0.2) is 0 Å². The fourth-order valence-electron chi connectivity index (χ4n) is 2.53. The first-order valence-electron chi connectivity index (χ1n) is 9.95. The number of carbonyl (C=O) groups excluding carboxylic acids is 3. The molecule has 0 radical (unpaired) electrons. The zero-order valence-corrected chi connectivity index (χ0v) is 17.3. The molecular formula is C23H28N2O5. The number of carbonyl (C=O) groups is 3. The summed E-state index contributed by atoms with van der Waals surface area (Å²) in [6.45, 7) is 3.93. The van der Waals surface area contributed by atoms with Gasteiger partial charge in [-0.3, -0.25) is 9.59 Å². The summed E-state index contributed by atoms with van der Waals surface area (Å²) < 4.78 is 10.4. The van der Waals surface area contributed by atoms with Crippen molar-refractivity contribution in [2.24, 2.45) is 0 Å². The minimum Gasteiger partial charge on any atom is -0.461 e. The Labute approximate surface area is 176 Å². The molecule has 2 rings (SSSR count). The number of rotatable bonds is 10. The van der Waals surface area contributed by atoms with Crippen LogP contribution in [-0.2, 0) is 32.3 Å². The van der Waals surface area contributed by atoms with Crippen LogP contribution in [-0.4, -0.2) is 30.1 Å². The highest BCUT2D eigenvalue weighted by Gasteiger charge is 2.26. The molecule has 0 spiro atoms. The molecule has 160 valence electrons. The first kappa shape index (κ1) is 22.9. The van der Waals surface area contributed by atoms with E-state index in [1.807, 2.05) is 74.5 Å². The van der Waals surface area contributed by atoms with Crippen LogP contribution in [0.25, 0.3) is 0 Å². The number of ether oxygens (including phenoxy) is 2. The lowest BCUT2D eigenvalue weighted by Gasteiger charge is -2.20. The molecule has 0 bridgehead atoms. The molecule has 0 aliphatic heterocycles. The number of alkyl carbamates (subject to hydrolysis) is 1. The minimum absolute atomic E-state index is 0.0603. The Morgan fingerprint density at radius 1 is 0.833 bits per heavy atom. The number of nitrogens with one attached hydrogen (secondary N) is 2. The van der Waals surface area contributed by atoms with Crippen LogP contribution in [0.15, 0.2) is 60.7 Å². The van der Waals surface area contributed by atoms with Gasteiger partial charge in [0.25, 0.3) is 0 Å². The summed E-state index contributed by atoms with van der Waals surface area (Å²) in [5.74, 6) is -1.05. The Balaban J connectivity index is 1.92. The highest BCUT2D eigenvalue weighted by Crippen LogP contribution is 2.05. The summed E-state index contributed by atoms with van der Waals surface area (Å²) in [5, 5.41) is 5.24. The molecule has 2 atom stereocenters. The molecule has 30 heavy (non-hydrogen) atoms. The van der Waals surface area contributed by atoms with E-state index >= 15 is 0 Å². The van der Waals surface area contributed by atoms with E-state index in [1.54, 1.807) is 0 Å². The van der Waals surface area contributed by atoms with Crippen LogP contribution in [0.3, 0.4) is 0 Å². The maximum absolute atomic E-state index is 12.5. The quantitative estimate of drug-likeness (QED) is 0.584. The van der Waals surface area contributed by atoms with Gasteiger partial charge in [0.2, 0.25) is 5.91 Å². The molecule has 0 aliphatic rings. The Kier molecular flexibility index (Phi) is 9.37. The maximum Gasteiger partial charge on any atom is 0.408 e. The van der Waals surface area contributed by atoms with Crippen LogP contribution in [0.5, 0.6) is 0 Å². The summed E-state index contributed by atoms with van der Waals surface area (Å²) in [7, 11) is 0. The second-order valence-electron chi connectivity index (χ2n) is 6.93. The maximum atomic E-state index is 12.5. The van der Waals surface area contributed by atoms with Crippen molar-refractivity contribution in [1.29, 1.82) is 0 Å². The molecule has 2 amide bonds. The second-order valence-corrected chi connectivity index (χ2v) is 6.93. The predicted molar refractivity (Wildman–Crippen MR) is 112 cm³/mol. The molecule has 0 unspecified atom stereocenters. The van der Waals surface area contributed by atoms with Gasteiger partial charge in [-0.05, 0) is 24.5 Å². The van der Waals surface area contributed by atoms with Crippen LogP contribution in [0.1, 0.15) is 37.8 Å². The molecular weight excluding hydrogens is 384 g/mol. The summed E-state index contributed by atoms with van der Waals surface area (Å²) >= 11 is 0. The third-order valence-electron chi connectivity index (χ3n) is 4.44. The normalized spacial score (nSPS) is 12.3. The zero-order valence-electron chi connectivity index (χ0n) is 17.3. The highest BCUT2D eigenvalue weighted by atomic mass is 16.5. The largest absolute Gasteiger partial charge is 0.461 e. The predicted octanol–water partition coefficient (Wildman–Crippen LogP) is 3.33. The van der Waals surface area contributed by atoms with Crippen LogP contribution in [0, 0.1) is 0 Å². The molecule has 0 saturated carbocycles. The lowest BCUT2D eigenvalue weighted by molar-refractivity contribution is -0.147. The standard InChI is InChI=1S/C23H28N2O5/c1-3-17(2)24-22(27)20(14-21(26)29-15-18-10-6-4-7-11-18)25-23(28)30-16-19-12-8-5-9-13-19/h4-13,17,20H,3,14-16H2,1-2H3,(H,24,27)(H,25,28)/t17-,20-/m1/s1. The highest BCUT2D eigenvalue weighted by molar-refractivity contribution is 5.89. The number of amides is 2. The Morgan fingerprint density at radius 3 is 1.90 bits per heavy atom. The molecule has 0 fully saturated rings. The van der Waals surface area contributed by atoms with Crippen molar-refractivity contribution in [3.05, 3.63) is 71.8 Å². The second kappa shape index (κ2) is 12.3. The van der Waals surface area contributed by atoms with Crippen molar-refractivity contribution in [2.45, 2.75) is 52.0 Å². The number of esters is 1. The Morgan fingerprint density at radius 2 is 1.37 bits per heavy atom. The molecule has 0 aromatic heterocycles. The van der Waals surface area contributed by atoms with Crippen LogP contribution in [0.2, 0.25) is 0 Å². The van der Waals surface area contributed by atoms with E-state index in [-0.39, 0.29) is 25.7 Å². The van der Waals surface area contributed by atoms with Crippen LogP contribution >= 0.6 is 0 Å². The Bertz CT molecular complexity index is 753. The minimum atomic E-state index is -1.09. The van der Waals surface area contributed by atoms with Gasteiger partial charge in [0, 0.05) is 6.04 Å². The average molecular weight is 412 g/mol. The monoisotopic (exact) mass is 412 g/mol. The summed E-state index contributed by atoms with van der Waals surface area (Å²) in [5.41, 5.74) is 1.65. The molecule has 2 N–H and O–H groups in total. The lowest BCUT2D eigenvalue weighted by atomic mass is 10.1. The van der Waals surface area contributed by atoms with E-state index in [1.165, 1.54) is 0 Å². The summed E-state index contributed by atoms with van der Waals surface area (Å²) in [6, 6.07) is 17.2. The van der Waals surface area contributed by atoms with Gasteiger partial charge >= 0.3 is 12.1 Å². The van der Waals surface area contributed by atoms with Crippen molar-refractivity contribution < 1.29 is 23.9 Å². The van der Waals surface area contributed by atoms with E-state index in [0.29, 0.717) is 0 Å². The topological polar surface area (TPSA) is 93.7 Å². The van der Waals surface area contributed by atoms with Gasteiger partial charge in [-0.1, -0.05) is 67.6 Å². The number of benzene rings is 2. The number of hydrogen-bond donors (Lipinski definition) is 2. The fraction of sp³-hybridized carbons (Fsp3) is 0.348. The van der Waals surface area contributed by atoms with Gasteiger partial charge in [0.1, 0.15) is 19.3 Å². The van der Waals surface area contributed by atoms with E-state index < -0.39 is 24.0 Å². The SMILES string of the molecule is CC[C@@H](C)NC(=O)[C@@H](CC(=O)OCc1ccccc1)NC(=O)OCc1ccccc1. The molecule has 0 saturated heterocycles. The molecule has 2 aromatic carbocycles. The van der Waals surface area contributed by atoms with Gasteiger partial charge in [-0.15, -0.1) is 0 Å². The van der Waals surface area contributed by atoms with Crippen molar-refractivity contribution in [3.8, 4) is 0 Å².